The molecule has 2 atom stereocenters. The van der Waals surface area contributed by atoms with Gasteiger partial charge in [-0.2, -0.15) is 0 Å². The van der Waals surface area contributed by atoms with Gasteiger partial charge in [0.15, 0.2) is 5.82 Å². The van der Waals surface area contributed by atoms with E-state index in [-0.39, 0.29) is 5.60 Å². The maximum absolute atomic E-state index is 6.05. The summed E-state index contributed by atoms with van der Waals surface area (Å²) in [6.07, 6.45) is 5.26. The molecule has 0 radical (unpaired) electrons. The molecule has 4 heteroatoms. The quantitative estimate of drug-likeness (QED) is 0.910. The minimum atomic E-state index is -0.344. The Morgan fingerprint density at radius 1 is 1.42 bits per heavy atom. The molecule has 2 N–H and O–H groups in total. The lowest BCUT2D eigenvalue weighted by molar-refractivity contribution is -0.0646. The predicted molar refractivity (Wildman–Crippen MR) is 76.9 cm³/mol. The molecule has 1 aromatic heterocycles. The van der Waals surface area contributed by atoms with E-state index >= 15 is 0 Å². The molecule has 0 amide bonds. The van der Waals surface area contributed by atoms with Gasteiger partial charge in [0.05, 0.1) is 0 Å². The van der Waals surface area contributed by atoms with Crippen molar-refractivity contribution in [3.63, 3.8) is 0 Å². The molecular weight excluding hydrogens is 238 g/mol. The predicted octanol–water partition coefficient (Wildman–Crippen LogP) is 2.98. The molecule has 4 nitrogen and oxygen atoms in total. The summed E-state index contributed by atoms with van der Waals surface area (Å²) in [6, 6.07) is 0. The third-order valence-corrected chi connectivity index (χ3v) is 4.37. The van der Waals surface area contributed by atoms with Gasteiger partial charge >= 0.3 is 0 Å². The van der Waals surface area contributed by atoms with Crippen LogP contribution in [0.3, 0.4) is 0 Å². The topological polar surface area (TPSA) is 61.0 Å². The van der Waals surface area contributed by atoms with Crippen LogP contribution in [0.2, 0.25) is 0 Å². The first-order valence-corrected chi connectivity index (χ1v) is 7.21. The monoisotopic (exact) mass is 263 g/mol. The molecule has 19 heavy (non-hydrogen) atoms. The zero-order valence-corrected chi connectivity index (χ0v) is 12.5. The van der Waals surface area contributed by atoms with E-state index < -0.39 is 0 Å². The van der Waals surface area contributed by atoms with E-state index in [1.807, 2.05) is 6.92 Å². The number of aryl methyl sites for hydroxylation is 1. The van der Waals surface area contributed by atoms with Gasteiger partial charge in [-0.3, -0.25) is 0 Å². The number of nitrogen functional groups attached to an aromatic ring is 1. The van der Waals surface area contributed by atoms with E-state index in [9.17, 15) is 0 Å². The fourth-order valence-corrected chi connectivity index (χ4v) is 3.11. The highest BCUT2D eigenvalue weighted by Gasteiger charge is 2.39. The molecule has 0 aromatic carbocycles. The van der Waals surface area contributed by atoms with Gasteiger partial charge in [-0.15, -0.1) is 0 Å². The van der Waals surface area contributed by atoms with Gasteiger partial charge in [0.25, 0.3) is 0 Å². The van der Waals surface area contributed by atoms with Gasteiger partial charge in [0.1, 0.15) is 11.4 Å². The highest BCUT2D eigenvalue weighted by Crippen LogP contribution is 2.41. The molecule has 1 aliphatic rings. The number of methoxy groups -OCH3 is 1. The Morgan fingerprint density at radius 2 is 2.16 bits per heavy atom. The highest BCUT2D eigenvalue weighted by molar-refractivity contribution is 5.41. The highest BCUT2D eigenvalue weighted by atomic mass is 16.5. The molecule has 0 bridgehead atoms. The maximum Gasteiger partial charge on any atom is 0.162 e. The molecule has 0 aliphatic heterocycles. The van der Waals surface area contributed by atoms with Gasteiger partial charge in [-0.05, 0) is 38.5 Å². The fraction of sp³-hybridized carbons (Fsp3) is 0.733. The Bertz CT molecular complexity index is 461. The molecule has 1 fully saturated rings. The molecule has 1 saturated carbocycles. The number of ether oxygens (including phenoxy) is 1. The maximum atomic E-state index is 6.05. The average Bonchev–Trinajstić information content (AvgIpc) is 2.41. The second-order valence-electron chi connectivity index (χ2n) is 5.76. The summed E-state index contributed by atoms with van der Waals surface area (Å²) in [5.41, 5.74) is 7.74. The lowest BCUT2D eigenvalue weighted by atomic mass is 9.78. The van der Waals surface area contributed by atoms with Crippen molar-refractivity contribution in [2.24, 2.45) is 5.92 Å². The average molecular weight is 263 g/mol. The van der Waals surface area contributed by atoms with Crippen LogP contribution >= 0.6 is 0 Å². The van der Waals surface area contributed by atoms with Crippen molar-refractivity contribution in [3.05, 3.63) is 17.1 Å². The minimum Gasteiger partial charge on any atom is -0.383 e. The van der Waals surface area contributed by atoms with Gasteiger partial charge in [0.2, 0.25) is 0 Å². The van der Waals surface area contributed by atoms with Crippen LogP contribution in [0.15, 0.2) is 0 Å². The summed E-state index contributed by atoms with van der Waals surface area (Å²) in [5.74, 6) is 2.02. The van der Waals surface area contributed by atoms with Crippen molar-refractivity contribution in [3.8, 4) is 0 Å². The normalized spacial score (nSPS) is 27.5. The first-order valence-electron chi connectivity index (χ1n) is 7.21. The van der Waals surface area contributed by atoms with E-state index in [0.29, 0.717) is 11.7 Å². The van der Waals surface area contributed by atoms with Gasteiger partial charge in [-0.25, -0.2) is 9.97 Å². The van der Waals surface area contributed by atoms with Crippen LogP contribution in [0.25, 0.3) is 0 Å². The number of nitrogens with zero attached hydrogens (tertiary/aromatic N) is 2. The van der Waals surface area contributed by atoms with Crippen molar-refractivity contribution in [1.29, 1.82) is 0 Å². The zero-order valence-electron chi connectivity index (χ0n) is 12.5. The first-order chi connectivity index (χ1) is 9.02. The van der Waals surface area contributed by atoms with Crippen LogP contribution in [0.5, 0.6) is 0 Å². The van der Waals surface area contributed by atoms with Crippen LogP contribution in [-0.4, -0.2) is 17.1 Å². The summed E-state index contributed by atoms with van der Waals surface area (Å²) in [4.78, 5) is 9.26. The van der Waals surface area contributed by atoms with E-state index in [4.69, 9.17) is 15.5 Å². The van der Waals surface area contributed by atoms with Crippen LogP contribution < -0.4 is 5.73 Å². The summed E-state index contributed by atoms with van der Waals surface area (Å²) in [5, 5.41) is 0. The minimum absolute atomic E-state index is 0.344. The van der Waals surface area contributed by atoms with E-state index in [1.165, 1.54) is 6.42 Å². The Kier molecular flexibility index (Phi) is 4.09. The number of hydrogen-bond acceptors (Lipinski definition) is 4. The Labute approximate surface area is 115 Å². The van der Waals surface area contributed by atoms with E-state index in [2.05, 4.69) is 18.8 Å². The fourth-order valence-electron chi connectivity index (χ4n) is 3.11. The molecule has 0 spiro atoms. The Balaban J connectivity index is 2.46. The number of aromatic nitrogens is 2. The third kappa shape index (κ3) is 2.59. The molecule has 2 rings (SSSR count). The Morgan fingerprint density at radius 3 is 2.74 bits per heavy atom. The smallest absolute Gasteiger partial charge is 0.162 e. The van der Waals surface area contributed by atoms with Crippen molar-refractivity contribution >= 4 is 5.82 Å². The first kappa shape index (κ1) is 14.3. The SMILES string of the molecule is CCc1nc(C2(OC)CCCC(C)C2)nc(N)c1C. The standard InChI is InChI=1S/C15H25N3O/c1-5-12-11(3)13(16)18-14(17-12)15(19-4)8-6-7-10(2)9-15/h10H,5-9H2,1-4H3,(H2,16,17,18). The van der Waals surface area contributed by atoms with Crippen LogP contribution in [-0.2, 0) is 16.8 Å². The zero-order chi connectivity index (χ0) is 14.0. The van der Waals surface area contributed by atoms with Gasteiger partial charge < -0.3 is 10.5 Å². The Hall–Kier alpha value is -1.16. The molecule has 1 aliphatic carbocycles. The van der Waals surface area contributed by atoms with E-state index in [0.717, 1.165) is 42.8 Å². The molecule has 0 saturated heterocycles. The van der Waals surface area contributed by atoms with Crippen molar-refractivity contribution in [2.75, 3.05) is 12.8 Å². The lowest BCUT2D eigenvalue weighted by Gasteiger charge is -2.37. The van der Waals surface area contributed by atoms with Gasteiger partial charge in [0, 0.05) is 18.4 Å². The number of anilines is 1. The largest absolute Gasteiger partial charge is 0.383 e. The van der Waals surface area contributed by atoms with Gasteiger partial charge in [-0.1, -0.05) is 20.3 Å². The summed E-state index contributed by atoms with van der Waals surface area (Å²) >= 11 is 0. The van der Waals surface area contributed by atoms with Crippen molar-refractivity contribution in [1.82, 2.24) is 9.97 Å². The van der Waals surface area contributed by atoms with Crippen molar-refractivity contribution in [2.45, 2.75) is 58.5 Å². The lowest BCUT2D eigenvalue weighted by Crippen LogP contribution is -2.36. The molecule has 1 heterocycles. The summed E-state index contributed by atoms with van der Waals surface area (Å²) in [7, 11) is 1.77. The molecular formula is C15H25N3O. The summed E-state index contributed by atoms with van der Waals surface area (Å²) < 4.78 is 5.85. The number of rotatable bonds is 3. The number of hydrogen-bond donors (Lipinski definition) is 1. The third-order valence-electron chi connectivity index (χ3n) is 4.37. The van der Waals surface area contributed by atoms with Crippen LogP contribution in [0.4, 0.5) is 5.82 Å². The second kappa shape index (κ2) is 5.45. The summed E-state index contributed by atoms with van der Waals surface area (Å²) in [6.45, 7) is 6.35. The van der Waals surface area contributed by atoms with Crippen LogP contribution in [0, 0.1) is 12.8 Å². The molecule has 106 valence electrons. The number of nitrogens with two attached hydrogens (primary N) is 1. The van der Waals surface area contributed by atoms with Crippen LogP contribution in [0.1, 0.15) is 56.6 Å². The second-order valence-corrected chi connectivity index (χ2v) is 5.76. The molecule has 1 aromatic rings. The molecule has 2 unspecified atom stereocenters. The van der Waals surface area contributed by atoms with Crippen molar-refractivity contribution < 1.29 is 4.74 Å². The van der Waals surface area contributed by atoms with E-state index in [1.54, 1.807) is 7.11 Å².